The Balaban J connectivity index is 2.63. The van der Waals surface area contributed by atoms with Crippen molar-refractivity contribution < 1.29 is 5.11 Å². The normalized spacial score (nSPS) is 12.4. The molecule has 0 radical (unpaired) electrons. The van der Waals surface area contributed by atoms with Gasteiger partial charge in [0.05, 0.1) is 23.7 Å². The third-order valence-electron chi connectivity index (χ3n) is 3.25. The van der Waals surface area contributed by atoms with Crippen LogP contribution in [0.1, 0.15) is 12.5 Å². The Labute approximate surface area is 112 Å². The van der Waals surface area contributed by atoms with Crippen LogP contribution in [0.15, 0.2) is 30.3 Å². The van der Waals surface area contributed by atoms with Gasteiger partial charge in [0.1, 0.15) is 11.7 Å². The van der Waals surface area contributed by atoms with Gasteiger partial charge in [0.2, 0.25) is 0 Å². The lowest BCUT2D eigenvalue weighted by atomic mass is 10.1. The zero-order valence-corrected chi connectivity index (χ0v) is 11.1. The maximum atomic E-state index is 9.25. The van der Waals surface area contributed by atoms with Crippen LogP contribution in [0.25, 0.3) is 10.9 Å². The summed E-state index contributed by atoms with van der Waals surface area (Å²) in [6, 6.07) is 9.47. The van der Waals surface area contributed by atoms with Gasteiger partial charge in [-0.2, -0.15) is 0 Å². The predicted octanol–water partition coefficient (Wildman–Crippen LogP) is 1.34. The van der Waals surface area contributed by atoms with E-state index in [1.54, 1.807) is 0 Å². The first-order valence-electron chi connectivity index (χ1n) is 6.12. The van der Waals surface area contributed by atoms with E-state index in [9.17, 15) is 5.11 Å². The van der Waals surface area contributed by atoms with Gasteiger partial charge in [0.25, 0.3) is 0 Å². The van der Waals surface area contributed by atoms with E-state index in [4.69, 9.17) is 11.1 Å². The summed E-state index contributed by atoms with van der Waals surface area (Å²) in [7, 11) is 1.84. The first kappa shape index (κ1) is 13.3. The van der Waals surface area contributed by atoms with Crippen LogP contribution >= 0.6 is 0 Å². The molecule has 5 nitrogen and oxygen atoms in total. The number of benzene rings is 1. The van der Waals surface area contributed by atoms with Crippen LogP contribution in [-0.2, 0) is 0 Å². The SMILES string of the molecule is CC(CO)N(C)c1nc2ccccc2cc1C(=N)N. The quantitative estimate of drug-likeness (QED) is 0.570. The van der Waals surface area contributed by atoms with E-state index in [0.717, 1.165) is 10.9 Å². The number of amidine groups is 1. The van der Waals surface area contributed by atoms with Crippen molar-refractivity contribution in [2.45, 2.75) is 13.0 Å². The van der Waals surface area contributed by atoms with Gasteiger partial charge in [-0.1, -0.05) is 18.2 Å². The number of rotatable bonds is 4. The molecule has 1 heterocycles. The summed E-state index contributed by atoms with van der Waals surface area (Å²) in [6.45, 7) is 1.91. The average molecular weight is 258 g/mol. The molecular formula is C14H18N4O. The highest BCUT2D eigenvalue weighted by atomic mass is 16.3. The van der Waals surface area contributed by atoms with Crippen molar-refractivity contribution in [1.82, 2.24) is 4.98 Å². The highest BCUT2D eigenvalue weighted by Gasteiger charge is 2.17. The summed E-state index contributed by atoms with van der Waals surface area (Å²) in [6.07, 6.45) is 0. The number of hydrogen-bond donors (Lipinski definition) is 3. The molecule has 0 amide bonds. The molecule has 1 aromatic heterocycles. The molecule has 0 saturated heterocycles. The summed E-state index contributed by atoms with van der Waals surface area (Å²) < 4.78 is 0. The fraction of sp³-hybridized carbons (Fsp3) is 0.286. The number of nitrogens with zero attached hydrogens (tertiary/aromatic N) is 2. The molecular weight excluding hydrogens is 240 g/mol. The minimum atomic E-state index is -0.0910. The highest BCUT2D eigenvalue weighted by Crippen LogP contribution is 2.23. The molecule has 0 spiro atoms. The zero-order chi connectivity index (χ0) is 14.0. The number of nitrogen functional groups attached to an aromatic ring is 1. The smallest absolute Gasteiger partial charge is 0.140 e. The topological polar surface area (TPSA) is 86.2 Å². The Kier molecular flexibility index (Phi) is 3.66. The number of anilines is 1. The van der Waals surface area contributed by atoms with Crippen LogP contribution < -0.4 is 10.6 Å². The third kappa shape index (κ3) is 2.51. The van der Waals surface area contributed by atoms with Crippen LogP contribution in [0.2, 0.25) is 0 Å². The number of hydrogen-bond acceptors (Lipinski definition) is 4. The number of fused-ring (bicyclic) bond motifs is 1. The average Bonchev–Trinajstić information content (AvgIpc) is 2.44. The Morgan fingerprint density at radius 2 is 2.16 bits per heavy atom. The molecule has 0 fully saturated rings. The standard InChI is InChI=1S/C14H18N4O/c1-9(8-19)18(2)14-11(13(15)16)7-10-5-3-4-6-12(10)17-14/h3-7,9,19H,8H2,1-2H3,(H3,15,16). The molecule has 4 N–H and O–H groups in total. The number of para-hydroxylation sites is 1. The maximum Gasteiger partial charge on any atom is 0.140 e. The van der Waals surface area contributed by atoms with Gasteiger partial charge in [0.15, 0.2) is 0 Å². The monoisotopic (exact) mass is 258 g/mol. The molecule has 100 valence electrons. The Morgan fingerprint density at radius 1 is 1.47 bits per heavy atom. The van der Waals surface area contributed by atoms with Crippen molar-refractivity contribution in [2.24, 2.45) is 5.73 Å². The van der Waals surface area contributed by atoms with E-state index in [-0.39, 0.29) is 18.5 Å². The Bertz CT molecular complexity index is 611. The number of pyridine rings is 1. The second-order valence-corrected chi connectivity index (χ2v) is 4.61. The number of aliphatic hydroxyl groups excluding tert-OH is 1. The number of likely N-dealkylation sites (N-methyl/N-ethyl adjacent to an activating group) is 1. The predicted molar refractivity (Wildman–Crippen MR) is 77.7 cm³/mol. The fourth-order valence-corrected chi connectivity index (χ4v) is 1.90. The lowest BCUT2D eigenvalue weighted by Crippen LogP contribution is -2.34. The summed E-state index contributed by atoms with van der Waals surface area (Å²) in [5.74, 6) is 0.595. The highest BCUT2D eigenvalue weighted by molar-refractivity contribution is 6.03. The molecule has 5 heteroatoms. The van der Waals surface area contributed by atoms with Gasteiger partial charge >= 0.3 is 0 Å². The molecule has 1 unspecified atom stereocenters. The summed E-state index contributed by atoms with van der Waals surface area (Å²) in [5, 5.41) is 17.9. The molecule has 2 aromatic rings. The lowest BCUT2D eigenvalue weighted by molar-refractivity contribution is 0.270. The molecule has 0 saturated carbocycles. The number of aromatic nitrogens is 1. The van der Waals surface area contributed by atoms with E-state index >= 15 is 0 Å². The van der Waals surface area contributed by atoms with Gasteiger partial charge in [-0.25, -0.2) is 4.98 Å². The van der Waals surface area contributed by atoms with Crippen molar-refractivity contribution in [3.05, 3.63) is 35.9 Å². The molecule has 2 rings (SSSR count). The maximum absolute atomic E-state index is 9.25. The lowest BCUT2D eigenvalue weighted by Gasteiger charge is -2.26. The first-order valence-corrected chi connectivity index (χ1v) is 6.12. The summed E-state index contributed by atoms with van der Waals surface area (Å²) >= 11 is 0. The van der Waals surface area contributed by atoms with Crippen molar-refractivity contribution in [3.63, 3.8) is 0 Å². The van der Waals surface area contributed by atoms with E-state index in [0.29, 0.717) is 11.4 Å². The largest absolute Gasteiger partial charge is 0.394 e. The van der Waals surface area contributed by atoms with Crippen molar-refractivity contribution >= 4 is 22.6 Å². The minimum Gasteiger partial charge on any atom is -0.394 e. The van der Waals surface area contributed by atoms with E-state index in [2.05, 4.69) is 4.98 Å². The number of aliphatic hydroxyl groups is 1. The summed E-state index contributed by atoms with van der Waals surface area (Å²) in [5.41, 5.74) is 7.07. The molecule has 1 atom stereocenters. The molecule has 0 aliphatic carbocycles. The number of nitrogens with two attached hydrogens (primary N) is 1. The molecule has 0 aliphatic rings. The Morgan fingerprint density at radius 3 is 2.79 bits per heavy atom. The van der Waals surface area contributed by atoms with Crippen LogP contribution in [-0.4, -0.2) is 35.6 Å². The van der Waals surface area contributed by atoms with Crippen molar-refractivity contribution in [2.75, 3.05) is 18.6 Å². The molecule has 1 aromatic carbocycles. The van der Waals surface area contributed by atoms with Gasteiger partial charge in [-0.15, -0.1) is 0 Å². The Hall–Kier alpha value is -2.14. The van der Waals surface area contributed by atoms with Crippen LogP contribution in [0.5, 0.6) is 0 Å². The number of nitrogens with one attached hydrogen (secondary N) is 1. The van der Waals surface area contributed by atoms with Crippen molar-refractivity contribution in [3.8, 4) is 0 Å². The fourth-order valence-electron chi connectivity index (χ4n) is 1.90. The van der Waals surface area contributed by atoms with Crippen molar-refractivity contribution in [1.29, 1.82) is 5.41 Å². The molecule has 19 heavy (non-hydrogen) atoms. The van der Waals surface area contributed by atoms with Gasteiger partial charge in [-0.05, 0) is 19.1 Å². The van der Waals surface area contributed by atoms with E-state index < -0.39 is 0 Å². The molecule has 0 bridgehead atoms. The van der Waals surface area contributed by atoms with E-state index in [1.807, 2.05) is 49.2 Å². The van der Waals surface area contributed by atoms with Crippen LogP contribution in [0.3, 0.4) is 0 Å². The molecule has 0 aliphatic heterocycles. The third-order valence-corrected chi connectivity index (χ3v) is 3.25. The first-order chi connectivity index (χ1) is 9.04. The van der Waals surface area contributed by atoms with Crippen LogP contribution in [0, 0.1) is 5.41 Å². The second kappa shape index (κ2) is 5.24. The zero-order valence-electron chi connectivity index (χ0n) is 11.1. The summed E-state index contributed by atoms with van der Waals surface area (Å²) in [4.78, 5) is 6.40. The van der Waals surface area contributed by atoms with Gasteiger partial charge in [0, 0.05) is 12.4 Å². The minimum absolute atomic E-state index is 0.0162. The van der Waals surface area contributed by atoms with Crippen LogP contribution in [0.4, 0.5) is 5.82 Å². The van der Waals surface area contributed by atoms with Gasteiger partial charge in [-0.3, -0.25) is 5.41 Å². The van der Waals surface area contributed by atoms with E-state index in [1.165, 1.54) is 0 Å². The second-order valence-electron chi connectivity index (χ2n) is 4.61. The van der Waals surface area contributed by atoms with Gasteiger partial charge < -0.3 is 15.7 Å².